The lowest BCUT2D eigenvalue weighted by atomic mass is 9.84. The predicted octanol–water partition coefficient (Wildman–Crippen LogP) is -0.612. The number of H-pyrrole nitrogens is 1. The summed E-state index contributed by atoms with van der Waals surface area (Å²) in [6.07, 6.45) is -3.60. The van der Waals surface area contributed by atoms with Crippen LogP contribution in [0.15, 0.2) is 80.8 Å². The Morgan fingerprint density at radius 2 is 0.901 bits per heavy atom. The molecule has 2 aromatic carbocycles. The number of rotatable bonds is 53. The van der Waals surface area contributed by atoms with Gasteiger partial charge in [-0.05, 0) is 100 Å². The summed E-state index contributed by atoms with van der Waals surface area (Å²) < 4.78 is -1.41. The van der Waals surface area contributed by atoms with Gasteiger partial charge in [0.1, 0.15) is 12.1 Å². The lowest BCUT2D eigenvalue weighted by Gasteiger charge is -2.32. The molecule has 0 unspecified atom stereocenters. The molecular formula is C74H116N20O15S2. The van der Waals surface area contributed by atoms with Crippen LogP contribution >= 0.6 is 25.3 Å². The van der Waals surface area contributed by atoms with E-state index >= 15 is 14.4 Å². The smallest absolute Gasteiger partial charge is 0.326 e. The Hall–Kier alpha value is -10.2. The summed E-state index contributed by atoms with van der Waals surface area (Å²) in [6.45, 7) is 10.3. The number of ketones is 5. The zero-order valence-electron chi connectivity index (χ0n) is 64.3. The maximum absolute atomic E-state index is 15.5. The molecule has 0 bridgehead atoms. The minimum Gasteiger partial charge on any atom is -0.480 e. The molecule has 0 radical (unpaired) electrons. The quantitative estimate of drug-likeness (QED) is 0.0145. The Balaban J connectivity index is 2.16. The number of carboxylic acid groups (broad SMARTS) is 1. The first-order chi connectivity index (χ1) is 52.0. The van der Waals surface area contributed by atoms with E-state index < -0.39 is 203 Å². The van der Waals surface area contributed by atoms with Crippen LogP contribution in [-0.2, 0) is 75.2 Å². The third kappa shape index (κ3) is 35.2. The van der Waals surface area contributed by atoms with E-state index in [0.29, 0.717) is 22.0 Å². The van der Waals surface area contributed by atoms with Gasteiger partial charge in [-0.15, -0.1) is 0 Å². The standard InChI is InChI=1S/C74H116N20O15S2/c1-40(95)61(59(101)35-45(21-15-29-86-71(80)81)65(105)94-62(68(108)109)73(3,4)5)93-67(107)49(74(6,7)111)37-58(100)52(25-26-60(75)102)91-66(106)46(32-47-38-88-50-23-12-11-22-48(47)50)36-56(98)53(31-42-17-9-8-10-18-42)92-64(104)43(19-13-27-84-69(76)77)33-55(97)51(24-16-30-87-72(82)83)90-63(103)44(20-14-28-85-70(78)79)34-57(99)54(39-110)89-41(2)96/h8-12,17-18,22-23,38,40,43-46,49,51-54,61-62,88,95,110-111H,13-16,19-21,24-37,39H2,1-7H3,(H2,75,102)(H,89,96)(H,90,103)(H,91,106)(H,92,104)(H,93,107)(H,94,105)(H,108,109)(H4,76,77,84)(H4,78,79,85)(H4,80,81,86)(H4,82,83,87)/t40-,43-,44-,45-,46-,49-,51+,52+,53+,54+,61+,62-/m1/s1. The lowest BCUT2D eigenvalue weighted by Crippen LogP contribution is -2.54. The van der Waals surface area contributed by atoms with Gasteiger partial charge in [-0.2, -0.15) is 25.3 Å². The monoisotopic (exact) mass is 1590 g/mol. The van der Waals surface area contributed by atoms with E-state index in [-0.39, 0.29) is 120 Å². The van der Waals surface area contributed by atoms with Gasteiger partial charge < -0.3 is 98.7 Å². The van der Waals surface area contributed by atoms with E-state index in [9.17, 15) is 58.2 Å². The van der Waals surface area contributed by atoms with Gasteiger partial charge in [-0.25, -0.2) is 4.79 Å². The van der Waals surface area contributed by atoms with Crippen molar-refractivity contribution in [1.29, 1.82) is 0 Å². The number of carboxylic acids is 1. The van der Waals surface area contributed by atoms with E-state index in [0.717, 1.165) is 0 Å². The maximum Gasteiger partial charge on any atom is 0.326 e. The van der Waals surface area contributed by atoms with Crippen molar-refractivity contribution in [3.8, 4) is 0 Å². The van der Waals surface area contributed by atoms with Crippen LogP contribution in [0.25, 0.3) is 10.9 Å². The number of thiol groups is 2. The number of nitrogens with one attached hydrogen (secondary N) is 7. The fourth-order valence-electron chi connectivity index (χ4n) is 12.5. The van der Waals surface area contributed by atoms with Crippen LogP contribution in [0.5, 0.6) is 0 Å². The molecule has 614 valence electrons. The number of fused-ring (bicyclic) bond motifs is 1. The molecule has 1 aromatic heterocycles. The van der Waals surface area contributed by atoms with Gasteiger partial charge in [0.05, 0.1) is 36.2 Å². The molecule has 0 saturated heterocycles. The first kappa shape index (κ1) is 95.0. The predicted molar refractivity (Wildman–Crippen MR) is 429 cm³/mol. The molecule has 0 fully saturated rings. The molecule has 35 nitrogen and oxygen atoms in total. The van der Waals surface area contributed by atoms with E-state index in [1.165, 1.54) is 27.7 Å². The number of aromatic amines is 1. The molecule has 0 spiro atoms. The number of aliphatic carboxylic acids is 1. The zero-order chi connectivity index (χ0) is 83.5. The Labute approximate surface area is 657 Å². The second-order valence-electron chi connectivity index (χ2n) is 29.4. The Morgan fingerprint density at radius 1 is 0.486 bits per heavy atom. The number of aliphatic imine (C=N–C) groups is 4. The van der Waals surface area contributed by atoms with Crippen LogP contribution in [0, 0.1) is 35.0 Å². The van der Waals surface area contributed by atoms with Gasteiger partial charge in [0.25, 0.3) is 0 Å². The summed E-state index contributed by atoms with van der Waals surface area (Å²) in [7, 11) is 0. The molecule has 111 heavy (non-hydrogen) atoms. The number of nitrogens with zero attached hydrogens (tertiary/aromatic N) is 4. The highest BCUT2D eigenvalue weighted by Crippen LogP contribution is 2.31. The maximum atomic E-state index is 15.5. The molecule has 7 amide bonds. The number of primary amides is 1. The van der Waals surface area contributed by atoms with Crippen molar-refractivity contribution in [1.82, 2.24) is 36.9 Å². The minimum atomic E-state index is -1.71. The minimum absolute atomic E-state index is 0.00276. The first-order valence-corrected chi connectivity index (χ1v) is 37.9. The van der Waals surface area contributed by atoms with Crippen molar-refractivity contribution in [3.05, 3.63) is 71.9 Å². The summed E-state index contributed by atoms with van der Waals surface area (Å²) in [5, 5.41) is 37.8. The number of nitrogens with two attached hydrogens (primary N) is 9. The van der Waals surface area contributed by atoms with Crippen LogP contribution < -0.4 is 83.5 Å². The average Bonchev–Trinajstić information content (AvgIpc) is 1.80. The summed E-state index contributed by atoms with van der Waals surface area (Å²) in [5.41, 5.74) is 51.2. The number of hydrogen-bond acceptors (Lipinski definition) is 20. The summed E-state index contributed by atoms with van der Waals surface area (Å²) in [5.74, 6) is -17.9. The zero-order valence-corrected chi connectivity index (χ0v) is 66.1. The number of Topliss-reactive ketones (excluding diaryl/α,β-unsaturated/α-hetero) is 5. The van der Waals surface area contributed by atoms with E-state index in [1.54, 1.807) is 81.6 Å². The number of aliphatic hydroxyl groups excluding tert-OH is 1. The van der Waals surface area contributed by atoms with Crippen molar-refractivity contribution in [2.24, 2.45) is 107 Å². The number of carbonyl (C=O) groups is 13. The van der Waals surface area contributed by atoms with Crippen molar-refractivity contribution < 1.29 is 72.5 Å². The molecule has 3 aromatic rings. The van der Waals surface area contributed by atoms with Crippen LogP contribution in [0.2, 0.25) is 0 Å². The highest BCUT2D eigenvalue weighted by atomic mass is 32.1. The second-order valence-corrected chi connectivity index (χ2v) is 30.9. The van der Waals surface area contributed by atoms with Crippen molar-refractivity contribution in [3.63, 3.8) is 0 Å². The van der Waals surface area contributed by atoms with Gasteiger partial charge in [0.2, 0.25) is 41.4 Å². The second kappa shape index (κ2) is 47.1. The highest BCUT2D eigenvalue weighted by molar-refractivity contribution is 7.81. The lowest BCUT2D eigenvalue weighted by molar-refractivity contribution is -0.146. The molecule has 0 saturated carbocycles. The number of para-hydroxylation sites is 1. The number of hydrogen-bond donors (Lipinski definition) is 20. The van der Waals surface area contributed by atoms with E-state index in [4.69, 9.17) is 64.2 Å². The molecule has 37 heteroatoms. The Kier molecular flexibility index (Phi) is 40.4. The van der Waals surface area contributed by atoms with Crippen molar-refractivity contribution in [2.45, 2.75) is 205 Å². The fraction of sp³-hybridized carbons (Fsp3) is 0.581. The number of carbonyl (C=O) groups excluding carboxylic acids is 12. The molecule has 0 aliphatic carbocycles. The SMILES string of the molecule is CC(=O)N[C@@H](CS)C(=O)C[C@@H](CCCN=C(N)N)C(=O)N[C@@H](CCCN=C(N)N)C(=O)C[C@@H](CCCN=C(N)N)C(=O)N[C@@H](Cc1ccccc1)C(=O)C[C@@H](Cc1c[nH]c2ccccc12)C(=O)N[C@@H](CCC(N)=O)C(=O)C[C@H](C(=O)N[C@H](C(=O)C[C@@H](CCCN=C(N)N)C(=O)N[C@H](C(=O)O)C(C)(C)C)[C@@H](C)O)C(C)(C)S. The average molecular weight is 1590 g/mol. The number of guanidine groups is 4. The largest absolute Gasteiger partial charge is 0.480 e. The normalized spacial score (nSPS) is 14.7. The topological polar surface area (TPSA) is 634 Å². The van der Waals surface area contributed by atoms with Gasteiger partial charge >= 0.3 is 5.97 Å². The van der Waals surface area contributed by atoms with Gasteiger partial charge in [0, 0.05) is 123 Å². The summed E-state index contributed by atoms with van der Waals surface area (Å²) in [6, 6.07) is 7.15. The fourth-order valence-corrected chi connectivity index (χ4v) is 13.0. The number of amides is 7. The van der Waals surface area contributed by atoms with Gasteiger partial charge in [-0.1, -0.05) is 83.1 Å². The summed E-state index contributed by atoms with van der Waals surface area (Å²) >= 11 is 8.93. The van der Waals surface area contributed by atoms with Gasteiger partial charge in [-0.3, -0.25) is 77.5 Å². The van der Waals surface area contributed by atoms with Crippen LogP contribution in [-0.4, -0.2) is 194 Å². The van der Waals surface area contributed by atoms with Crippen LogP contribution in [0.4, 0.5) is 0 Å². The molecule has 0 aliphatic rings. The van der Waals surface area contributed by atoms with E-state index in [2.05, 4.69) is 69.5 Å². The molecule has 3 rings (SSSR count). The molecule has 0 aliphatic heterocycles. The Bertz CT molecular complexity index is 3780. The molecule has 12 atom stereocenters. The molecular weight excluding hydrogens is 1470 g/mol. The molecule has 1 heterocycles. The Morgan fingerprint density at radius 3 is 1.35 bits per heavy atom. The number of aromatic nitrogens is 1. The third-order valence-corrected chi connectivity index (χ3v) is 19.2. The van der Waals surface area contributed by atoms with Crippen molar-refractivity contribution >= 4 is 136 Å². The highest BCUT2D eigenvalue weighted by Gasteiger charge is 2.42. The number of benzene rings is 2. The third-order valence-electron chi connectivity index (χ3n) is 18.5. The van der Waals surface area contributed by atoms with E-state index in [1.807, 2.05) is 0 Å². The first-order valence-electron chi connectivity index (χ1n) is 36.8. The van der Waals surface area contributed by atoms with Crippen LogP contribution in [0.1, 0.15) is 156 Å². The number of aliphatic hydroxyl groups is 1. The van der Waals surface area contributed by atoms with Gasteiger partial charge in [0.15, 0.2) is 52.8 Å². The van der Waals surface area contributed by atoms with Crippen molar-refractivity contribution in [2.75, 3.05) is 31.9 Å². The van der Waals surface area contributed by atoms with Crippen LogP contribution in [0.3, 0.4) is 0 Å². The molecule has 27 N–H and O–H groups in total. The summed E-state index contributed by atoms with van der Waals surface area (Å²) in [4.78, 5) is 203.